The third-order valence-electron chi connectivity index (χ3n) is 6.15. The van der Waals surface area contributed by atoms with Crippen molar-refractivity contribution in [3.8, 4) is 0 Å². The van der Waals surface area contributed by atoms with Gasteiger partial charge in [-0.15, -0.1) is 0 Å². The van der Waals surface area contributed by atoms with Gasteiger partial charge in [-0.2, -0.15) is 0 Å². The largest absolute Gasteiger partial charge is 0.462 e. The van der Waals surface area contributed by atoms with Crippen LogP contribution in [0.2, 0.25) is 0 Å². The fraction of sp³-hybridized carbons (Fsp3) is 0.960. The van der Waals surface area contributed by atoms with E-state index in [1.807, 2.05) is 62.3 Å². The molecule has 0 aromatic carbocycles. The molecule has 0 saturated carbocycles. The van der Waals surface area contributed by atoms with E-state index in [0.717, 1.165) is 0 Å². The van der Waals surface area contributed by atoms with Crippen molar-refractivity contribution in [2.24, 2.45) is 29.6 Å². The van der Waals surface area contributed by atoms with Crippen LogP contribution in [0.4, 0.5) is 0 Å². The molecule has 0 bridgehead atoms. The second-order valence-electron chi connectivity index (χ2n) is 8.98. The van der Waals surface area contributed by atoms with Crippen molar-refractivity contribution in [3.63, 3.8) is 0 Å². The number of carbonyl (C=O) groups is 1. The smallest absolute Gasteiger partial charge is 0.311 e. The number of cyclic esters (lactones) is 1. The summed E-state index contributed by atoms with van der Waals surface area (Å²) in [5.74, 6) is 3.82. The van der Waals surface area contributed by atoms with Crippen LogP contribution in [0.1, 0.15) is 89.5 Å². The quantitative estimate of drug-likeness (QED) is 0.331. The molecule has 1 rings (SSSR count). The molecule has 202 valence electrons. The first kappa shape index (κ1) is 36.8. The number of hydrogen-bond acceptors (Lipinski definition) is 8. The molecule has 1 aliphatic heterocycles. The van der Waals surface area contributed by atoms with Gasteiger partial charge < -0.3 is 24.9 Å². The van der Waals surface area contributed by atoms with Crippen LogP contribution in [0, 0.1) is 23.7 Å². The van der Waals surface area contributed by atoms with E-state index >= 15 is 0 Å². The lowest BCUT2D eigenvalue weighted by Crippen LogP contribution is -2.55. The van der Waals surface area contributed by atoms with Crippen LogP contribution in [0.3, 0.4) is 0 Å². The summed E-state index contributed by atoms with van der Waals surface area (Å²) in [6, 6.07) is 0. The third-order valence-corrected chi connectivity index (χ3v) is 6.15. The fourth-order valence-electron chi connectivity index (χ4n) is 4.13. The van der Waals surface area contributed by atoms with Crippen LogP contribution < -0.4 is 5.90 Å². The van der Waals surface area contributed by atoms with Gasteiger partial charge in [-0.1, -0.05) is 62.3 Å². The van der Waals surface area contributed by atoms with E-state index < -0.39 is 35.4 Å². The van der Waals surface area contributed by atoms with Crippen LogP contribution in [0.15, 0.2) is 0 Å². The van der Waals surface area contributed by atoms with E-state index in [-0.39, 0.29) is 24.4 Å². The molecule has 0 spiro atoms. The van der Waals surface area contributed by atoms with Crippen molar-refractivity contribution < 1.29 is 29.7 Å². The van der Waals surface area contributed by atoms with Gasteiger partial charge >= 0.3 is 5.97 Å². The van der Waals surface area contributed by atoms with Crippen LogP contribution in [0.5, 0.6) is 0 Å². The van der Waals surface area contributed by atoms with Crippen LogP contribution >= 0.6 is 0 Å². The summed E-state index contributed by atoms with van der Waals surface area (Å²) in [7, 11) is 1.69. The second kappa shape index (κ2) is 17.6. The molecule has 5 N–H and O–H groups in total. The van der Waals surface area contributed by atoms with Gasteiger partial charge in [0, 0.05) is 6.54 Å². The van der Waals surface area contributed by atoms with Gasteiger partial charge in [-0.25, -0.2) is 5.90 Å². The van der Waals surface area contributed by atoms with Crippen molar-refractivity contribution >= 4 is 5.97 Å². The lowest BCUT2D eigenvalue weighted by atomic mass is 9.73. The molecule has 0 amide bonds. The fourth-order valence-corrected chi connectivity index (χ4v) is 4.13. The summed E-state index contributed by atoms with van der Waals surface area (Å²) in [5, 5.41) is 32.1. The molecule has 8 nitrogen and oxygen atoms in total. The molecule has 2 unspecified atom stereocenters. The van der Waals surface area contributed by atoms with E-state index in [0.29, 0.717) is 13.0 Å². The van der Waals surface area contributed by atoms with E-state index in [9.17, 15) is 20.1 Å². The minimum Gasteiger partial charge on any atom is -0.462 e. The number of ether oxygens (including phenoxy) is 1. The van der Waals surface area contributed by atoms with Crippen LogP contribution in [0.25, 0.3) is 0 Å². The molecule has 1 heterocycles. The lowest BCUT2D eigenvalue weighted by Gasteiger charge is -2.42. The van der Waals surface area contributed by atoms with E-state index in [2.05, 4.69) is 0 Å². The second-order valence-corrected chi connectivity index (χ2v) is 8.98. The summed E-state index contributed by atoms with van der Waals surface area (Å²) in [5.41, 5.74) is -2.67. The maximum absolute atomic E-state index is 12.5. The van der Waals surface area contributed by atoms with Crippen molar-refractivity contribution in [2.75, 3.05) is 20.2 Å². The Hall–Kier alpha value is -0.770. The minimum absolute atomic E-state index is 0.0465. The van der Waals surface area contributed by atoms with Gasteiger partial charge in [0.15, 0.2) is 0 Å². The number of aliphatic hydroxyl groups is 3. The number of esters is 1. The highest BCUT2D eigenvalue weighted by Crippen LogP contribution is 2.35. The number of rotatable bonds is 1. The predicted molar refractivity (Wildman–Crippen MR) is 135 cm³/mol. The van der Waals surface area contributed by atoms with Gasteiger partial charge in [0.1, 0.15) is 18.4 Å². The van der Waals surface area contributed by atoms with E-state index in [4.69, 9.17) is 15.5 Å². The maximum atomic E-state index is 12.5. The maximum Gasteiger partial charge on any atom is 0.311 e. The summed E-state index contributed by atoms with van der Waals surface area (Å²) < 4.78 is 5.25. The zero-order chi connectivity index (χ0) is 27.2. The Labute approximate surface area is 203 Å². The number of likely N-dealkylation sites (N-methyl/N-ethyl adjacent to an activating group) is 1. The topological polar surface area (TPSA) is 125 Å². The molecular weight excluding hydrogens is 424 g/mol. The Kier molecular flexibility index (Phi) is 19.7. The predicted octanol–water partition coefficient (Wildman–Crippen LogP) is 3.57. The molecular formula is C25H56N2O6. The number of nitrogens with two attached hydrogens (primary N) is 1. The van der Waals surface area contributed by atoms with E-state index in [1.54, 1.807) is 25.8 Å². The van der Waals surface area contributed by atoms with Gasteiger partial charge in [0.2, 0.25) is 0 Å². The van der Waals surface area contributed by atoms with Crippen molar-refractivity contribution in [2.45, 2.75) is 113 Å². The van der Waals surface area contributed by atoms with Gasteiger partial charge in [0.25, 0.3) is 0 Å². The lowest BCUT2D eigenvalue weighted by molar-refractivity contribution is -0.186. The first-order valence-electron chi connectivity index (χ1n) is 12.6. The van der Waals surface area contributed by atoms with Crippen molar-refractivity contribution in [1.29, 1.82) is 0 Å². The molecule has 8 atom stereocenters. The van der Waals surface area contributed by atoms with Gasteiger partial charge in [-0.3, -0.25) is 9.69 Å². The number of aliphatic hydroxyl groups excluding tert-OH is 1. The minimum atomic E-state index is -1.64. The first-order chi connectivity index (χ1) is 15.2. The standard InChI is InChI=1S/C19H38N2O6.3C2H6/c1-11-8-18(5,24)14(4)12(2)15(27-20)13(3)16(22)26-10-19(6,25)17(23)21(7)9-11;3*1-2/h11-15,17,23-25H,8-10,20H2,1-7H3;3*1-2H3/t11-,12-,13?,14-,15+,17?,18-,19-;;;/m1.../s1. The monoisotopic (exact) mass is 480 g/mol. The zero-order valence-corrected chi connectivity index (χ0v) is 23.7. The molecule has 0 aromatic heterocycles. The SMILES string of the molecule is CC.CC.CC.CC1C(=O)OC[C@@](C)(O)C(O)N(C)C[C@H](C)C[C@@](C)(O)[C@H](C)[C@@H](C)[C@@H]1ON. The molecule has 8 heteroatoms. The highest BCUT2D eigenvalue weighted by molar-refractivity contribution is 5.72. The summed E-state index contributed by atoms with van der Waals surface area (Å²) in [4.78, 5) is 19.2. The first-order valence-corrected chi connectivity index (χ1v) is 12.6. The molecule has 0 radical (unpaired) electrons. The van der Waals surface area contributed by atoms with Crippen LogP contribution in [-0.2, 0) is 14.4 Å². The molecule has 0 aromatic rings. The Bertz CT molecular complexity index is 501. The number of carbonyl (C=O) groups excluding carboxylic acids is 1. The normalized spacial score (nSPS) is 38.6. The zero-order valence-electron chi connectivity index (χ0n) is 23.7. The molecule has 1 fully saturated rings. The summed E-state index contributed by atoms with van der Waals surface area (Å²) in [6.45, 7) is 22.7. The van der Waals surface area contributed by atoms with Crippen molar-refractivity contribution in [1.82, 2.24) is 4.90 Å². The highest BCUT2D eigenvalue weighted by Gasteiger charge is 2.43. The Balaban J connectivity index is -0.00000138. The Morgan fingerprint density at radius 2 is 1.45 bits per heavy atom. The van der Waals surface area contributed by atoms with Gasteiger partial charge in [-0.05, 0) is 52.0 Å². The molecule has 1 saturated heterocycles. The van der Waals surface area contributed by atoms with E-state index in [1.165, 1.54) is 6.92 Å². The average molecular weight is 481 g/mol. The Morgan fingerprint density at radius 3 is 1.88 bits per heavy atom. The summed E-state index contributed by atoms with van der Waals surface area (Å²) in [6.07, 6.45) is -1.41. The molecule has 0 aliphatic carbocycles. The number of hydrogen-bond donors (Lipinski definition) is 4. The molecule has 33 heavy (non-hydrogen) atoms. The summed E-state index contributed by atoms with van der Waals surface area (Å²) >= 11 is 0. The van der Waals surface area contributed by atoms with Gasteiger partial charge in [0.05, 0.1) is 17.6 Å². The average Bonchev–Trinajstić information content (AvgIpc) is 2.79. The van der Waals surface area contributed by atoms with Crippen molar-refractivity contribution in [3.05, 3.63) is 0 Å². The Morgan fingerprint density at radius 1 is 1.00 bits per heavy atom. The number of nitrogens with zero attached hydrogens (tertiary/aromatic N) is 1. The van der Waals surface area contributed by atoms with Crippen LogP contribution in [-0.4, -0.2) is 69.9 Å². The highest BCUT2D eigenvalue weighted by atomic mass is 16.6. The molecule has 1 aliphatic rings. The third kappa shape index (κ3) is 11.5.